The van der Waals surface area contributed by atoms with Crippen LogP contribution in [-0.4, -0.2) is 39.0 Å². The molecule has 5 rings (SSSR count). The van der Waals surface area contributed by atoms with Gasteiger partial charge in [-0.2, -0.15) is 0 Å². The number of likely N-dealkylation sites (N-methyl/N-ethyl adjacent to an activating group) is 1. The normalized spacial score (nSPS) is 13.4. The number of pyridine rings is 1. The van der Waals surface area contributed by atoms with Crippen molar-refractivity contribution >= 4 is 11.5 Å². The lowest BCUT2D eigenvalue weighted by Crippen LogP contribution is -2.32. The molecule has 0 spiro atoms. The van der Waals surface area contributed by atoms with Gasteiger partial charge in [0, 0.05) is 42.0 Å². The van der Waals surface area contributed by atoms with Crippen LogP contribution in [0, 0.1) is 6.92 Å². The Hall–Kier alpha value is -3.41. The number of hydrogen-bond acceptors (Lipinski definition) is 5. The highest BCUT2D eigenvalue weighted by atomic mass is 16.5. The first-order valence-corrected chi connectivity index (χ1v) is 9.53. The first-order chi connectivity index (χ1) is 13.7. The molecule has 0 saturated carbocycles. The Morgan fingerprint density at radius 3 is 2.86 bits per heavy atom. The van der Waals surface area contributed by atoms with Crippen LogP contribution in [0.3, 0.4) is 0 Å². The zero-order valence-corrected chi connectivity index (χ0v) is 16.0. The fourth-order valence-corrected chi connectivity index (χ4v) is 3.81. The fourth-order valence-electron chi connectivity index (χ4n) is 3.81. The van der Waals surface area contributed by atoms with E-state index in [2.05, 4.69) is 46.1 Å². The van der Waals surface area contributed by atoms with E-state index in [1.165, 1.54) is 0 Å². The minimum atomic E-state index is 0.684. The highest BCUT2D eigenvalue weighted by molar-refractivity contribution is 5.83. The number of nitrogens with zero attached hydrogens (tertiary/aromatic N) is 5. The van der Waals surface area contributed by atoms with Crippen LogP contribution in [0.15, 0.2) is 55.0 Å². The predicted molar refractivity (Wildman–Crippen MR) is 110 cm³/mol. The average molecular weight is 371 g/mol. The van der Waals surface area contributed by atoms with Gasteiger partial charge in [0.1, 0.15) is 12.4 Å². The molecule has 4 heterocycles. The molecule has 1 aliphatic rings. The molecule has 0 amide bonds. The molecule has 3 aromatic heterocycles. The number of ether oxygens (including phenoxy) is 1. The molecule has 6 nitrogen and oxygen atoms in total. The van der Waals surface area contributed by atoms with E-state index in [0.717, 1.165) is 59.3 Å². The number of aromatic nitrogens is 4. The molecule has 0 saturated heterocycles. The van der Waals surface area contributed by atoms with Gasteiger partial charge in [-0.05, 0) is 50.2 Å². The first-order valence-electron chi connectivity index (χ1n) is 9.53. The summed E-state index contributed by atoms with van der Waals surface area (Å²) in [6, 6.07) is 12.4. The Balaban J connectivity index is 1.76. The van der Waals surface area contributed by atoms with Gasteiger partial charge in [-0.1, -0.05) is 0 Å². The van der Waals surface area contributed by atoms with Crippen LogP contribution < -0.4 is 9.64 Å². The number of benzene rings is 1. The number of aryl methyl sites for hydroxylation is 1. The molecule has 4 aromatic rings. The van der Waals surface area contributed by atoms with E-state index in [0.29, 0.717) is 5.78 Å². The van der Waals surface area contributed by atoms with Crippen molar-refractivity contribution in [3.05, 3.63) is 60.7 Å². The van der Waals surface area contributed by atoms with Crippen molar-refractivity contribution in [2.45, 2.75) is 13.8 Å². The topological polar surface area (TPSA) is 55.5 Å². The first kappa shape index (κ1) is 16.7. The summed E-state index contributed by atoms with van der Waals surface area (Å²) in [5.41, 5.74) is 6.15. The summed E-state index contributed by atoms with van der Waals surface area (Å²) in [7, 11) is 0. The summed E-state index contributed by atoms with van der Waals surface area (Å²) in [5, 5.41) is 0. The lowest BCUT2D eigenvalue weighted by molar-refractivity contribution is 0.308. The molecule has 0 atom stereocenters. The minimum absolute atomic E-state index is 0.684. The van der Waals surface area contributed by atoms with Crippen molar-refractivity contribution in [3.8, 4) is 28.3 Å². The van der Waals surface area contributed by atoms with Gasteiger partial charge in [0.2, 0.25) is 5.78 Å². The highest BCUT2D eigenvalue weighted by Gasteiger charge is 2.21. The summed E-state index contributed by atoms with van der Waals surface area (Å²) in [6.07, 6.45) is 5.61. The molecule has 0 bridgehead atoms. The Kier molecular flexibility index (Phi) is 3.97. The van der Waals surface area contributed by atoms with Crippen molar-refractivity contribution in [1.82, 2.24) is 19.4 Å². The van der Waals surface area contributed by atoms with E-state index < -0.39 is 0 Å². The SMILES string of the molecule is CCN1CCOc2ccc(-c3c(-c4ccnc(C)c4)nc4ncccn34)cc21. The Morgan fingerprint density at radius 2 is 2.00 bits per heavy atom. The van der Waals surface area contributed by atoms with Crippen LogP contribution in [0.5, 0.6) is 5.75 Å². The van der Waals surface area contributed by atoms with Gasteiger partial charge >= 0.3 is 0 Å². The maximum atomic E-state index is 5.86. The quantitative estimate of drug-likeness (QED) is 0.545. The fraction of sp³-hybridized carbons (Fsp3) is 0.227. The maximum absolute atomic E-state index is 5.86. The number of fused-ring (bicyclic) bond motifs is 2. The molecular formula is C22H21N5O. The number of hydrogen-bond donors (Lipinski definition) is 0. The summed E-state index contributed by atoms with van der Waals surface area (Å²) >= 11 is 0. The standard InChI is InChI=1S/C22H21N5O/c1-3-26-11-12-28-19-6-5-17(14-18(19)26)21-20(16-7-9-23-15(2)13-16)25-22-24-8-4-10-27(21)22/h4-10,13-14H,3,11-12H2,1-2H3. The van der Waals surface area contributed by atoms with Gasteiger partial charge in [-0.15, -0.1) is 0 Å². The smallest absolute Gasteiger partial charge is 0.234 e. The van der Waals surface area contributed by atoms with Crippen molar-refractivity contribution in [3.63, 3.8) is 0 Å². The third-order valence-corrected chi connectivity index (χ3v) is 5.15. The van der Waals surface area contributed by atoms with E-state index in [9.17, 15) is 0 Å². The summed E-state index contributed by atoms with van der Waals surface area (Å²) in [6.45, 7) is 6.74. The monoisotopic (exact) mass is 371 g/mol. The Bertz CT molecular complexity index is 1170. The Morgan fingerprint density at radius 1 is 1.07 bits per heavy atom. The van der Waals surface area contributed by atoms with E-state index in [1.54, 1.807) is 6.20 Å². The van der Waals surface area contributed by atoms with Gasteiger partial charge in [0.15, 0.2) is 0 Å². The Labute approximate surface area is 163 Å². The molecule has 1 aliphatic heterocycles. The summed E-state index contributed by atoms with van der Waals surface area (Å²) < 4.78 is 7.91. The summed E-state index contributed by atoms with van der Waals surface area (Å²) in [5.74, 6) is 1.62. The predicted octanol–water partition coefficient (Wildman–Crippen LogP) is 3.99. The molecule has 0 N–H and O–H groups in total. The van der Waals surface area contributed by atoms with E-state index in [1.807, 2.05) is 35.9 Å². The number of anilines is 1. The second kappa shape index (κ2) is 6.64. The molecular weight excluding hydrogens is 350 g/mol. The zero-order chi connectivity index (χ0) is 19.1. The van der Waals surface area contributed by atoms with Gasteiger partial charge in [0.25, 0.3) is 0 Å². The molecule has 0 fully saturated rings. The third-order valence-electron chi connectivity index (χ3n) is 5.15. The van der Waals surface area contributed by atoms with Crippen LogP contribution in [0.2, 0.25) is 0 Å². The second-order valence-corrected chi connectivity index (χ2v) is 6.90. The molecule has 140 valence electrons. The van der Waals surface area contributed by atoms with Crippen molar-refractivity contribution < 1.29 is 4.74 Å². The minimum Gasteiger partial charge on any atom is -0.490 e. The van der Waals surface area contributed by atoms with Gasteiger partial charge in [-0.3, -0.25) is 9.38 Å². The van der Waals surface area contributed by atoms with Gasteiger partial charge in [-0.25, -0.2) is 9.97 Å². The number of rotatable bonds is 3. The summed E-state index contributed by atoms with van der Waals surface area (Å²) in [4.78, 5) is 16.0. The molecule has 1 aromatic carbocycles. The maximum Gasteiger partial charge on any atom is 0.234 e. The average Bonchev–Trinajstić information content (AvgIpc) is 3.12. The molecule has 0 radical (unpaired) electrons. The molecule has 0 unspecified atom stereocenters. The van der Waals surface area contributed by atoms with Crippen molar-refractivity contribution in [2.24, 2.45) is 0 Å². The lowest BCUT2D eigenvalue weighted by atomic mass is 10.0. The van der Waals surface area contributed by atoms with Crippen LogP contribution in [0.4, 0.5) is 5.69 Å². The molecule has 28 heavy (non-hydrogen) atoms. The largest absolute Gasteiger partial charge is 0.490 e. The lowest BCUT2D eigenvalue weighted by Gasteiger charge is -2.30. The van der Waals surface area contributed by atoms with Crippen molar-refractivity contribution in [2.75, 3.05) is 24.6 Å². The van der Waals surface area contributed by atoms with Crippen LogP contribution in [0.25, 0.3) is 28.3 Å². The van der Waals surface area contributed by atoms with Crippen LogP contribution >= 0.6 is 0 Å². The van der Waals surface area contributed by atoms with E-state index >= 15 is 0 Å². The molecule has 0 aliphatic carbocycles. The van der Waals surface area contributed by atoms with E-state index in [-0.39, 0.29) is 0 Å². The van der Waals surface area contributed by atoms with Gasteiger partial charge in [0.05, 0.1) is 23.6 Å². The van der Waals surface area contributed by atoms with E-state index in [4.69, 9.17) is 9.72 Å². The van der Waals surface area contributed by atoms with Crippen LogP contribution in [-0.2, 0) is 0 Å². The van der Waals surface area contributed by atoms with Crippen molar-refractivity contribution in [1.29, 1.82) is 0 Å². The highest BCUT2D eigenvalue weighted by Crippen LogP contribution is 2.39. The van der Waals surface area contributed by atoms with Crippen LogP contribution in [0.1, 0.15) is 12.6 Å². The number of imidazole rings is 1. The van der Waals surface area contributed by atoms with Gasteiger partial charge < -0.3 is 9.64 Å². The third kappa shape index (κ3) is 2.69. The molecule has 6 heteroatoms. The zero-order valence-electron chi connectivity index (χ0n) is 16.0. The second-order valence-electron chi connectivity index (χ2n) is 6.90.